The molecule has 7 heteroatoms. The van der Waals surface area contributed by atoms with Crippen molar-refractivity contribution >= 4 is 23.5 Å². The van der Waals surface area contributed by atoms with Gasteiger partial charge in [0.05, 0.1) is 36.8 Å². The highest BCUT2D eigenvalue weighted by atomic mass is 32.2. The van der Waals surface area contributed by atoms with E-state index in [4.69, 9.17) is 14.2 Å². The van der Waals surface area contributed by atoms with E-state index >= 15 is 0 Å². The first kappa shape index (κ1) is 19.4. The van der Waals surface area contributed by atoms with Gasteiger partial charge in [-0.2, -0.15) is 0 Å². The van der Waals surface area contributed by atoms with Gasteiger partial charge in [0.1, 0.15) is 0 Å². The fourth-order valence-corrected chi connectivity index (χ4v) is 4.04. The number of aromatic amines is 1. The molecule has 1 N–H and O–H groups in total. The Hall–Kier alpha value is -2.41. The van der Waals surface area contributed by atoms with Gasteiger partial charge in [0.15, 0.2) is 17.3 Å². The van der Waals surface area contributed by atoms with Gasteiger partial charge in [0.2, 0.25) is 0 Å². The van der Waals surface area contributed by atoms with Gasteiger partial charge in [0.25, 0.3) is 0 Å². The Kier molecular flexibility index (Phi) is 5.79. The lowest BCUT2D eigenvalue weighted by Crippen LogP contribution is -2.15. The van der Waals surface area contributed by atoms with Crippen LogP contribution in [-0.2, 0) is 4.74 Å². The van der Waals surface area contributed by atoms with Gasteiger partial charge >= 0.3 is 5.97 Å². The Labute approximate surface area is 162 Å². The lowest BCUT2D eigenvalue weighted by atomic mass is 10.1. The van der Waals surface area contributed by atoms with Crippen molar-refractivity contribution in [3.8, 4) is 11.5 Å². The van der Waals surface area contributed by atoms with Crippen molar-refractivity contribution in [2.45, 2.75) is 37.3 Å². The predicted octanol–water partition coefficient (Wildman–Crippen LogP) is 3.94. The van der Waals surface area contributed by atoms with Gasteiger partial charge in [-0.25, -0.2) is 4.79 Å². The third-order valence-corrected chi connectivity index (χ3v) is 5.57. The van der Waals surface area contributed by atoms with E-state index < -0.39 is 5.97 Å². The van der Waals surface area contributed by atoms with Gasteiger partial charge in [0, 0.05) is 17.0 Å². The van der Waals surface area contributed by atoms with E-state index in [0.29, 0.717) is 41.5 Å². The molecule has 6 nitrogen and oxygen atoms in total. The molecule has 144 valence electrons. The molecule has 0 saturated carbocycles. The highest BCUT2D eigenvalue weighted by Crippen LogP contribution is 2.36. The Bertz CT molecular complexity index is 873. The number of H-pyrrole nitrogens is 1. The first-order chi connectivity index (χ1) is 12.9. The summed E-state index contributed by atoms with van der Waals surface area (Å²) in [7, 11) is 1.33. The summed E-state index contributed by atoms with van der Waals surface area (Å²) in [6.07, 6.45) is 0.847. The second-order valence-corrected chi connectivity index (χ2v) is 7.81. The molecule has 0 aliphatic carbocycles. The van der Waals surface area contributed by atoms with Crippen molar-refractivity contribution in [1.82, 2.24) is 4.98 Å². The number of hydrogen-bond donors (Lipinski definition) is 1. The second kappa shape index (κ2) is 8.08. The van der Waals surface area contributed by atoms with Crippen LogP contribution in [0.5, 0.6) is 11.5 Å². The van der Waals surface area contributed by atoms with E-state index in [-0.39, 0.29) is 11.0 Å². The molecule has 0 fully saturated rings. The number of aromatic nitrogens is 1. The highest BCUT2D eigenvalue weighted by Gasteiger charge is 2.26. The summed E-state index contributed by atoms with van der Waals surface area (Å²) in [4.78, 5) is 28.8. The molecule has 3 rings (SSSR count). The van der Waals surface area contributed by atoms with Crippen LogP contribution >= 0.6 is 11.8 Å². The number of esters is 1. The number of ketones is 1. The van der Waals surface area contributed by atoms with Crippen LogP contribution in [0.1, 0.15) is 45.4 Å². The normalized spacial score (nSPS) is 14.4. The topological polar surface area (TPSA) is 77.6 Å². The van der Waals surface area contributed by atoms with E-state index in [1.165, 1.54) is 18.9 Å². The van der Waals surface area contributed by atoms with Crippen molar-refractivity contribution in [3.63, 3.8) is 0 Å². The van der Waals surface area contributed by atoms with Crippen LogP contribution in [0.3, 0.4) is 0 Å². The largest absolute Gasteiger partial charge is 0.490 e. The quantitative estimate of drug-likeness (QED) is 0.474. The smallest absolute Gasteiger partial charge is 0.339 e. The fraction of sp³-hybridized carbons (Fsp3) is 0.400. The van der Waals surface area contributed by atoms with Crippen molar-refractivity contribution in [3.05, 3.63) is 40.7 Å². The number of thioether (sulfide) groups is 1. The van der Waals surface area contributed by atoms with Crippen molar-refractivity contribution in [2.75, 3.05) is 20.3 Å². The maximum absolute atomic E-state index is 12.9. The minimum absolute atomic E-state index is 0.0668. The molecule has 27 heavy (non-hydrogen) atoms. The molecule has 2 heterocycles. The Balaban J connectivity index is 1.79. The molecular formula is C20H23NO5S. The first-order valence-electron chi connectivity index (χ1n) is 8.80. The third kappa shape index (κ3) is 3.98. The van der Waals surface area contributed by atoms with Crippen LogP contribution in [0.25, 0.3) is 0 Å². The molecule has 2 aromatic rings. The molecule has 0 spiro atoms. The van der Waals surface area contributed by atoms with E-state index in [1.54, 1.807) is 13.8 Å². The van der Waals surface area contributed by atoms with Crippen LogP contribution in [0, 0.1) is 13.8 Å². The minimum atomic E-state index is -0.441. The molecule has 0 radical (unpaired) electrons. The molecular weight excluding hydrogens is 366 g/mol. The van der Waals surface area contributed by atoms with E-state index in [9.17, 15) is 9.59 Å². The second-order valence-electron chi connectivity index (χ2n) is 6.40. The number of nitrogens with one attached hydrogen (secondary N) is 1. The molecule has 1 aliphatic heterocycles. The Morgan fingerprint density at radius 2 is 1.89 bits per heavy atom. The standard InChI is InChI=1S/C20H23NO5S/c1-11-17(20(23)24-4)12(2)21-18(11)19(22)13(3)27-14-6-7-15-16(10-14)26-9-5-8-25-15/h6-7,10,13,21H,5,8-9H2,1-4H3. The van der Waals surface area contributed by atoms with Crippen LogP contribution in [0.4, 0.5) is 0 Å². The van der Waals surface area contributed by atoms with Gasteiger partial charge in [-0.05, 0) is 44.5 Å². The average molecular weight is 389 g/mol. The molecule has 1 atom stereocenters. The first-order valence-corrected chi connectivity index (χ1v) is 9.68. The van der Waals surface area contributed by atoms with E-state index in [0.717, 1.165) is 17.1 Å². The summed E-state index contributed by atoms with van der Waals surface area (Å²) in [5.74, 6) is 0.929. The van der Waals surface area contributed by atoms with Crippen LogP contribution in [-0.4, -0.2) is 42.3 Å². The Morgan fingerprint density at radius 3 is 2.59 bits per heavy atom. The summed E-state index contributed by atoms with van der Waals surface area (Å²) in [5.41, 5.74) is 2.13. The summed E-state index contributed by atoms with van der Waals surface area (Å²) >= 11 is 1.44. The van der Waals surface area contributed by atoms with Gasteiger partial charge in [-0.15, -0.1) is 11.8 Å². The van der Waals surface area contributed by atoms with Gasteiger partial charge in [-0.1, -0.05) is 0 Å². The number of fused-ring (bicyclic) bond motifs is 1. The molecule has 0 bridgehead atoms. The summed E-state index contributed by atoms with van der Waals surface area (Å²) in [6.45, 7) is 6.63. The molecule has 1 aromatic carbocycles. The molecule has 1 aromatic heterocycles. The third-order valence-electron chi connectivity index (χ3n) is 4.47. The minimum Gasteiger partial charge on any atom is -0.490 e. The number of benzene rings is 1. The van der Waals surface area contributed by atoms with Crippen LogP contribution < -0.4 is 9.47 Å². The lowest BCUT2D eigenvalue weighted by Gasteiger charge is -2.13. The molecule has 1 aliphatic rings. The van der Waals surface area contributed by atoms with E-state index in [2.05, 4.69) is 4.98 Å². The Morgan fingerprint density at radius 1 is 1.19 bits per heavy atom. The van der Waals surface area contributed by atoms with Crippen LogP contribution in [0.2, 0.25) is 0 Å². The molecule has 1 unspecified atom stereocenters. The van der Waals surface area contributed by atoms with Crippen molar-refractivity contribution < 1.29 is 23.8 Å². The number of hydrogen-bond acceptors (Lipinski definition) is 6. The number of methoxy groups -OCH3 is 1. The predicted molar refractivity (Wildman–Crippen MR) is 103 cm³/mol. The average Bonchev–Trinajstić information content (AvgIpc) is 2.82. The maximum Gasteiger partial charge on any atom is 0.339 e. The van der Waals surface area contributed by atoms with Crippen molar-refractivity contribution in [1.29, 1.82) is 0 Å². The summed E-state index contributed by atoms with van der Waals surface area (Å²) in [5, 5.41) is -0.336. The zero-order valence-electron chi connectivity index (χ0n) is 15.9. The zero-order chi connectivity index (χ0) is 19.6. The number of aryl methyl sites for hydroxylation is 1. The summed E-state index contributed by atoms with van der Waals surface area (Å²) in [6, 6.07) is 5.70. The van der Waals surface area contributed by atoms with Gasteiger partial charge < -0.3 is 19.2 Å². The van der Waals surface area contributed by atoms with Gasteiger partial charge in [-0.3, -0.25) is 4.79 Å². The monoisotopic (exact) mass is 389 g/mol. The molecule has 0 saturated heterocycles. The fourth-order valence-electron chi connectivity index (χ4n) is 3.08. The SMILES string of the molecule is COC(=O)c1c(C)[nH]c(C(=O)C(C)Sc2ccc3c(c2)OCCCO3)c1C. The number of ether oxygens (including phenoxy) is 3. The highest BCUT2D eigenvalue weighted by molar-refractivity contribution is 8.00. The summed E-state index contributed by atoms with van der Waals surface area (Å²) < 4.78 is 16.2. The number of carbonyl (C=O) groups excluding carboxylic acids is 2. The van der Waals surface area contributed by atoms with Crippen LogP contribution in [0.15, 0.2) is 23.1 Å². The zero-order valence-corrected chi connectivity index (χ0v) is 16.7. The number of carbonyl (C=O) groups is 2. The maximum atomic E-state index is 12.9. The lowest BCUT2D eigenvalue weighted by molar-refractivity contribution is 0.0599. The number of Topliss-reactive ketones (excluding diaryl/α,β-unsaturated/α-hetero) is 1. The molecule has 0 amide bonds. The van der Waals surface area contributed by atoms with Crippen molar-refractivity contribution in [2.24, 2.45) is 0 Å². The number of rotatable bonds is 5. The van der Waals surface area contributed by atoms with E-state index in [1.807, 2.05) is 25.1 Å².